The van der Waals surface area contributed by atoms with Crippen LogP contribution in [0.15, 0.2) is 24.3 Å². The Labute approximate surface area is 181 Å². The van der Waals surface area contributed by atoms with Crippen molar-refractivity contribution in [3.8, 4) is 0 Å². The second-order valence-electron chi connectivity index (χ2n) is 8.35. The number of nitrogens with zero attached hydrogens (tertiary/aromatic N) is 3. The van der Waals surface area contributed by atoms with E-state index in [0.717, 1.165) is 32.1 Å². The molecule has 3 fully saturated rings. The normalized spacial score (nSPS) is 23.7. The molecule has 0 N–H and O–H groups in total. The van der Waals surface area contributed by atoms with Gasteiger partial charge < -0.3 is 14.5 Å². The molecule has 0 radical (unpaired) electrons. The summed E-state index contributed by atoms with van der Waals surface area (Å²) in [6.07, 6.45) is 4.55. The van der Waals surface area contributed by atoms with Crippen molar-refractivity contribution in [3.63, 3.8) is 0 Å². The van der Waals surface area contributed by atoms with Gasteiger partial charge in [-0.05, 0) is 49.9 Å². The average Bonchev–Trinajstić information content (AvgIpc) is 3.12. The molecule has 0 aromatic heterocycles. The molecule has 2 saturated heterocycles. The molecule has 30 heavy (non-hydrogen) atoms. The van der Waals surface area contributed by atoms with E-state index in [1.54, 1.807) is 45.9 Å². The van der Waals surface area contributed by atoms with Gasteiger partial charge in [0.15, 0.2) is 0 Å². The van der Waals surface area contributed by atoms with Crippen molar-refractivity contribution < 1.29 is 19.1 Å². The summed E-state index contributed by atoms with van der Waals surface area (Å²) in [5, 5.41) is 0.563. The van der Waals surface area contributed by atoms with Crippen LogP contribution in [0.3, 0.4) is 0 Å². The van der Waals surface area contributed by atoms with E-state index < -0.39 is 11.8 Å². The zero-order valence-electron chi connectivity index (χ0n) is 17.3. The van der Waals surface area contributed by atoms with E-state index in [-0.39, 0.29) is 24.3 Å². The number of carbonyl (C=O) groups excluding carboxylic acids is 3. The predicted molar refractivity (Wildman–Crippen MR) is 112 cm³/mol. The van der Waals surface area contributed by atoms with Gasteiger partial charge in [0.2, 0.25) is 11.8 Å². The smallest absolute Gasteiger partial charge is 0.256 e. The van der Waals surface area contributed by atoms with E-state index in [2.05, 4.69) is 0 Å². The van der Waals surface area contributed by atoms with E-state index in [4.69, 9.17) is 16.3 Å². The van der Waals surface area contributed by atoms with Gasteiger partial charge in [-0.25, -0.2) is 0 Å². The third-order valence-corrected chi connectivity index (χ3v) is 6.78. The predicted octanol–water partition coefficient (Wildman–Crippen LogP) is 2.53. The first kappa shape index (κ1) is 21.1. The number of hydrogen-bond acceptors (Lipinski definition) is 4. The van der Waals surface area contributed by atoms with Gasteiger partial charge >= 0.3 is 0 Å². The van der Waals surface area contributed by atoms with Crippen molar-refractivity contribution in [3.05, 3.63) is 34.9 Å². The summed E-state index contributed by atoms with van der Waals surface area (Å²) < 4.78 is 6.21. The van der Waals surface area contributed by atoms with Crippen molar-refractivity contribution in [2.75, 3.05) is 32.8 Å². The van der Waals surface area contributed by atoms with Gasteiger partial charge in [-0.1, -0.05) is 18.0 Å². The summed E-state index contributed by atoms with van der Waals surface area (Å²) in [5.74, 6) is -0.262. The Morgan fingerprint density at radius 3 is 2.17 bits per heavy atom. The maximum Gasteiger partial charge on any atom is 0.256 e. The number of halogens is 1. The van der Waals surface area contributed by atoms with Crippen LogP contribution in [0.4, 0.5) is 0 Å². The van der Waals surface area contributed by atoms with E-state index in [9.17, 15) is 14.4 Å². The van der Waals surface area contributed by atoms with E-state index >= 15 is 0 Å². The lowest BCUT2D eigenvalue weighted by Gasteiger charge is -2.43. The van der Waals surface area contributed by atoms with E-state index in [1.165, 1.54) is 0 Å². The molecular weight excluding hydrogens is 406 g/mol. The molecule has 1 aliphatic carbocycles. The topological polar surface area (TPSA) is 70.2 Å². The van der Waals surface area contributed by atoms with Gasteiger partial charge in [0.05, 0.1) is 6.61 Å². The summed E-state index contributed by atoms with van der Waals surface area (Å²) in [6, 6.07) is 6.14. The van der Waals surface area contributed by atoms with Crippen LogP contribution in [0.5, 0.6) is 0 Å². The summed E-state index contributed by atoms with van der Waals surface area (Å²) >= 11 is 5.99. The fourth-order valence-corrected chi connectivity index (χ4v) is 4.97. The molecule has 1 atom stereocenters. The average molecular weight is 434 g/mol. The molecule has 1 aromatic rings. The fraction of sp³-hybridized carbons (Fsp3) is 0.591. The van der Waals surface area contributed by atoms with Gasteiger partial charge in [-0.3, -0.25) is 19.3 Å². The second kappa shape index (κ2) is 8.55. The monoisotopic (exact) mass is 433 g/mol. The highest BCUT2D eigenvalue weighted by atomic mass is 35.5. The van der Waals surface area contributed by atoms with Crippen LogP contribution in [0.2, 0.25) is 5.02 Å². The highest BCUT2D eigenvalue weighted by Crippen LogP contribution is 2.41. The van der Waals surface area contributed by atoms with Gasteiger partial charge in [0.1, 0.15) is 11.8 Å². The van der Waals surface area contributed by atoms with Crippen LogP contribution < -0.4 is 0 Å². The zero-order valence-corrected chi connectivity index (χ0v) is 18.1. The SMILES string of the molecule is CC(=O)N1CCN(C(=O)C2COC3(CCCCC3)N2C(=O)c2ccc(Cl)cc2)CC1. The third kappa shape index (κ3) is 3.93. The Bertz CT molecular complexity index is 814. The first-order valence-electron chi connectivity index (χ1n) is 10.7. The maximum absolute atomic E-state index is 13.5. The Hall–Kier alpha value is -2.12. The van der Waals surface area contributed by atoms with Crippen molar-refractivity contribution in [1.29, 1.82) is 0 Å². The minimum atomic E-state index is -0.712. The van der Waals surface area contributed by atoms with Crippen LogP contribution in [-0.2, 0) is 14.3 Å². The van der Waals surface area contributed by atoms with Crippen LogP contribution in [0.25, 0.3) is 0 Å². The first-order valence-corrected chi connectivity index (χ1v) is 11.1. The first-order chi connectivity index (χ1) is 14.4. The molecule has 7 nitrogen and oxygen atoms in total. The lowest BCUT2D eigenvalue weighted by atomic mass is 9.89. The molecule has 2 heterocycles. The zero-order chi connectivity index (χ0) is 21.3. The number of carbonyl (C=O) groups is 3. The Morgan fingerprint density at radius 1 is 0.967 bits per heavy atom. The van der Waals surface area contributed by atoms with Gasteiger partial charge in [-0.15, -0.1) is 0 Å². The van der Waals surface area contributed by atoms with Gasteiger partial charge in [0.25, 0.3) is 5.91 Å². The molecule has 4 rings (SSSR count). The molecule has 3 amide bonds. The molecule has 162 valence electrons. The van der Waals surface area contributed by atoms with Crippen molar-refractivity contribution in [2.24, 2.45) is 0 Å². The quantitative estimate of drug-likeness (QED) is 0.718. The molecule has 0 bridgehead atoms. The Kier molecular flexibility index (Phi) is 6.02. The number of amides is 3. The Morgan fingerprint density at radius 2 is 1.57 bits per heavy atom. The summed E-state index contributed by atoms with van der Waals surface area (Å²) in [5.41, 5.74) is -0.203. The number of piperazine rings is 1. The van der Waals surface area contributed by atoms with E-state index in [1.807, 2.05) is 0 Å². The number of rotatable bonds is 2. The van der Waals surface area contributed by atoms with Crippen LogP contribution in [0, 0.1) is 0 Å². The van der Waals surface area contributed by atoms with Crippen LogP contribution in [-0.4, -0.2) is 77.0 Å². The summed E-state index contributed by atoms with van der Waals surface area (Å²) in [6.45, 7) is 3.75. The molecule has 8 heteroatoms. The molecule has 2 aliphatic heterocycles. The molecule has 3 aliphatic rings. The largest absolute Gasteiger partial charge is 0.353 e. The number of hydrogen-bond donors (Lipinski definition) is 0. The summed E-state index contributed by atoms with van der Waals surface area (Å²) in [4.78, 5) is 43.8. The number of benzene rings is 1. The third-order valence-electron chi connectivity index (χ3n) is 6.53. The molecular formula is C22H28ClN3O4. The van der Waals surface area contributed by atoms with E-state index in [0.29, 0.717) is 36.8 Å². The fourth-order valence-electron chi connectivity index (χ4n) is 4.84. The minimum Gasteiger partial charge on any atom is -0.353 e. The van der Waals surface area contributed by atoms with Crippen LogP contribution in [0.1, 0.15) is 49.4 Å². The lowest BCUT2D eigenvalue weighted by molar-refractivity contribution is -0.142. The van der Waals surface area contributed by atoms with Gasteiger partial charge in [-0.2, -0.15) is 0 Å². The van der Waals surface area contributed by atoms with Crippen molar-refractivity contribution >= 4 is 29.3 Å². The van der Waals surface area contributed by atoms with Crippen molar-refractivity contribution in [2.45, 2.75) is 50.8 Å². The molecule has 1 unspecified atom stereocenters. The van der Waals surface area contributed by atoms with Crippen LogP contribution >= 0.6 is 11.6 Å². The lowest BCUT2D eigenvalue weighted by Crippen LogP contribution is -2.59. The highest BCUT2D eigenvalue weighted by molar-refractivity contribution is 6.30. The minimum absolute atomic E-state index is 0.0204. The number of ether oxygens (including phenoxy) is 1. The molecule has 1 saturated carbocycles. The Balaban J connectivity index is 1.58. The standard InChI is InChI=1S/C22H28ClN3O4/c1-16(27)24-11-13-25(14-12-24)21(29)19-15-30-22(9-3-2-4-10-22)26(19)20(28)17-5-7-18(23)8-6-17/h5-8,19H,2-4,9-15H2,1H3. The molecule has 1 aromatic carbocycles. The van der Waals surface area contributed by atoms with Crippen molar-refractivity contribution in [1.82, 2.24) is 14.7 Å². The second-order valence-corrected chi connectivity index (χ2v) is 8.78. The van der Waals surface area contributed by atoms with Gasteiger partial charge in [0, 0.05) is 43.7 Å². The summed E-state index contributed by atoms with van der Waals surface area (Å²) in [7, 11) is 0. The maximum atomic E-state index is 13.5. The highest BCUT2D eigenvalue weighted by Gasteiger charge is 2.53. The molecule has 1 spiro atoms.